The van der Waals surface area contributed by atoms with Gasteiger partial charge in [0.25, 0.3) is 5.56 Å². The van der Waals surface area contributed by atoms with Crippen molar-refractivity contribution in [3.8, 4) is 17.3 Å². The Morgan fingerprint density at radius 1 is 1.16 bits per heavy atom. The van der Waals surface area contributed by atoms with E-state index in [0.29, 0.717) is 16.9 Å². The average Bonchev–Trinajstić information content (AvgIpc) is 2.43. The summed E-state index contributed by atoms with van der Waals surface area (Å²) in [4.78, 5) is 26.5. The first-order chi connectivity index (χ1) is 9.15. The number of aromatic amines is 1. The van der Waals surface area contributed by atoms with Gasteiger partial charge in [0.2, 0.25) is 5.88 Å². The van der Waals surface area contributed by atoms with Crippen molar-refractivity contribution in [1.82, 2.24) is 19.9 Å². The smallest absolute Gasteiger partial charge is 0.268 e. The van der Waals surface area contributed by atoms with E-state index < -0.39 is 0 Å². The molecular weight excluding hydrogens is 359 g/mol. The average molecular weight is 366 g/mol. The third kappa shape index (κ3) is 2.16. The fraction of sp³-hybridized carbons (Fsp3) is 0. The first-order valence-electron chi connectivity index (χ1n) is 5.35. The van der Waals surface area contributed by atoms with Crippen LogP contribution in [0, 0.1) is 3.57 Å². The maximum atomic E-state index is 11.6. The molecule has 0 aliphatic carbocycles. The van der Waals surface area contributed by atoms with E-state index in [1.54, 1.807) is 53.2 Å². The van der Waals surface area contributed by atoms with E-state index in [0.717, 1.165) is 5.52 Å². The lowest BCUT2D eigenvalue weighted by Gasteiger charge is -2.03. The van der Waals surface area contributed by atoms with Crippen LogP contribution in [0.4, 0.5) is 0 Å². The molecule has 94 valence electrons. The normalized spacial score (nSPS) is 10.8. The van der Waals surface area contributed by atoms with Crippen molar-refractivity contribution in [3.63, 3.8) is 0 Å². The Morgan fingerprint density at radius 2 is 1.89 bits per heavy atom. The van der Waals surface area contributed by atoms with Gasteiger partial charge in [-0.1, -0.05) is 0 Å². The number of halogens is 1. The minimum absolute atomic E-state index is 0.168. The summed E-state index contributed by atoms with van der Waals surface area (Å²) in [7, 11) is 0. The van der Waals surface area contributed by atoms with Gasteiger partial charge >= 0.3 is 0 Å². The van der Waals surface area contributed by atoms with Crippen LogP contribution in [0.1, 0.15) is 0 Å². The van der Waals surface area contributed by atoms with Crippen molar-refractivity contribution in [2.75, 3.05) is 0 Å². The molecule has 3 rings (SSSR count). The topological polar surface area (TPSA) is 91.8 Å². The maximum Gasteiger partial charge on any atom is 0.268 e. The number of H-pyrrole nitrogens is 1. The highest BCUT2D eigenvalue weighted by Gasteiger charge is 2.09. The molecule has 3 aromatic rings. The van der Waals surface area contributed by atoms with Crippen molar-refractivity contribution in [3.05, 3.63) is 44.5 Å². The molecule has 2 heterocycles. The summed E-state index contributed by atoms with van der Waals surface area (Å²) in [6, 6.07) is 5.31. The number of aromatic hydroxyl groups is 1. The number of benzene rings is 1. The van der Waals surface area contributed by atoms with Crippen molar-refractivity contribution in [1.29, 1.82) is 0 Å². The monoisotopic (exact) mass is 366 g/mol. The van der Waals surface area contributed by atoms with Crippen LogP contribution < -0.4 is 5.56 Å². The van der Waals surface area contributed by atoms with Crippen LogP contribution >= 0.6 is 22.6 Å². The van der Waals surface area contributed by atoms with Crippen LogP contribution in [0.15, 0.2) is 35.4 Å². The lowest BCUT2D eigenvalue weighted by molar-refractivity contribution is 0.447. The van der Waals surface area contributed by atoms with Gasteiger partial charge in [0.15, 0.2) is 0 Å². The van der Waals surface area contributed by atoms with Crippen molar-refractivity contribution >= 4 is 33.6 Å². The summed E-state index contributed by atoms with van der Waals surface area (Å²) in [5.41, 5.74) is 1.74. The molecule has 0 aliphatic rings. The van der Waals surface area contributed by atoms with Crippen LogP contribution in [0.5, 0.6) is 5.88 Å². The Balaban J connectivity index is 2.22. The van der Waals surface area contributed by atoms with E-state index >= 15 is 0 Å². The van der Waals surface area contributed by atoms with Crippen LogP contribution in [-0.4, -0.2) is 25.0 Å². The first-order valence-corrected chi connectivity index (χ1v) is 6.43. The highest BCUT2D eigenvalue weighted by molar-refractivity contribution is 14.1. The standard InChI is InChI=1S/C12H7IN4O2/c13-9-11(18)16-10(17-12(9)19)6-1-2-7-8(5-6)15-4-3-14-7/h1-5H,(H2,16,17,18,19). The Bertz CT molecular complexity index is 831. The molecule has 1 aromatic carbocycles. The van der Waals surface area contributed by atoms with E-state index in [-0.39, 0.29) is 15.0 Å². The molecule has 0 radical (unpaired) electrons. The van der Waals surface area contributed by atoms with Crippen molar-refractivity contribution in [2.24, 2.45) is 0 Å². The summed E-state index contributed by atoms with van der Waals surface area (Å²) in [6.07, 6.45) is 3.20. The van der Waals surface area contributed by atoms with Gasteiger partial charge in [-0.3, -0.25) is 14.8 Å². The molecular formula is C12H7IN4O2. The molecule has 2 aromatic heterocycles. The van der Waals surface area contributed by atoms with E-state index in [4.69, 9.17) is 0 Å². The van der Waals surface area contributed by atoms with Gasteiger partial charge in [-0.15, -0.1) is 0 Å². The summed E-state index contributed by atoms with van der Waals surface area (Å²) in [5.74, 6) is 0.0223. The van der Waals surface area contributed by atoms with E-state index in [1.807, 2.05) is 0 Å². The first kappa shape index (κ1) is 12.0. The predicted octanol–water partition coefficient (Wildman–Crippen LogP) is 1.69. The highest BCUT2D eigenvalue weighted by atomic mass is 127. The minimum Gasteiger partial charge on any atom is -0.492 e. The quantitative estimate of drug-likeness (QED) is 0.640. The number of rotatable bonds is 1. The molecule has 0 aliphatic heterocycles. The van der Waals surface area contributed by atoms with E-state index in [1.165, 1.54) is 0 Å². The van der Waals surface area contributed by atoms with Gasteiger partial charge in [-0.2, -0.15) is 4.98 Å². The summed E-state index contributed by atoms with van der Waals surface area (Å²) >= 11 is 1.74. The lowest BCUT2D eigenvalue weighted by Crippen LogP contribution is -2.12. The van der Waals surface area contributed by atoms with Gasteiger partial charge in [0.1, 0.15) is 9.39 Å². The molecule has 0 fully saturated rings. The van der Waals surface area contributed by atoms with E-state index in [9.17, 15) is 9.90 Å². The van der Waals surface area contributed by atoms with Gasteiger partial charge in [0.05, 0.1) is 11.0 Å². The fourth-order valence-electron chi connectivity index (χ4n) is 1.69. The van der Waals surface area contributed by atoms with Gasteiger partial charge in [-0.05, 0) is 40.8 Å². The molecule has 7 heteroatoms. The summed E-state index contributed by atoms with van der Waals surface area (Å²) in [6.45, 7) is 0. The largest absolute Gasteiger partial charge is 0.492 e. The molecule has 0 unspecified atom stereocenters. The number of aromatic nitrogens is 4. The van der Waals surface area contributed by atoms with Crippen molar-refractivity contribution in [2.45, 2.75) is 0 Å². The molecule has 0 bridgehead atoms. The Kier molecular flexibility index (Phi) is 2.90. The van der Waals surface area contributed by atoms with Gasteiger partial charge in [0, 0.05) is 18.0 Å². The zero-order valence-electron chi connectivity index (χ0n) is 9.46. The highest BCUT2D eigenvalue weighted by Crippen LogP contribution is 2.21. The zero-order valence-corrected chi connectivity index (χ0v) is 11.6. The molecule has 0 spiro atoms. The third-order valence-corrected chi connectivity index (χ3v) is 3.56. The van der Waals surface area contributed by atoms with Crippen LogP contribution in [-0.2, 0) is 0 Å². The third-order valence-electron chi connectivity index (χ3n) is 2.59. The van der Waals surface area contributed by atoms with Crippen LogP contribution in [0.25, 0.3) is 22.4 Å². The lowest BCUT2D eigenvalue weighted by atomic mass is 10.2. The van der Waals surface area contributed by atoms with Crippen molar-refractivity contribution < 1.29 is 5.11 Å². The Labute approximate surface area is 120 Å². The molecule has 0 amide bonds. The molecule has 0 atom stereocenters. The van der Waals surface area contributed by atoms with Gasteiger partial charge in [-0.25, -0.2) is 0 Å². The second-order valence-corrected chi connectivity index (χ2v) is 4.89. The number of hydrogen-bond acceptors (Lipinski definition) is 5. The molecule has 19 heavy (non-hydrogen) atoms. The Morgan fingerprint density at radius 3 is 2.63 bits per heavy atom. The summed E-state index contributed by atoms with van der Waals surface area (Å²) in [5, 5.41) is 9.59. The number of fused-ring (bicyclic) bond motifs is 1. The molecule has 0 saturated heterocycles. The fourth-order valence-corrected chi connectivity index (χ4v) is 1.95. The second-order valence-electron chi connectivity index (χ2n) is 3.81. The van der Waals surface area contributed by atoms with E-state index in [2.05, 4.69) is 19.9 Å². The molecule has 2 N–H and O–H groups in total. The molecule has 6 nitrogen and oxygen atoms in total. The summed E-state index contributed by atoms with van der Waals surface area (Å²) < 4.78 is 0.168. The predicted molar refractivity (Wildman–Crippen MR) is 77.8 cm³/mol. The maximum absolute atomic E-state index is 11.6. The molecule has 0 saturated carbocycles. The number of nitrogens with zero attached hydrogens (tertiary/aromatic N) is 3. The SMILES string of the molecule is O=c1[nH]c(-c2ccc3nccnc3c2)nc(O)c1I. The Hall–Kier alpha value is -2.03. The van der Waals surface area contributed by atoms with Gasteiger partial charge < -0.3 is 10.1 Å². The minimum atomic E-state index is -0.373. The number of nitrogens with one attached hydrogen (secondary N) is 1. The van der Waals surface area contributed by atoms with Crippen LogP contribution in [0.2, 0.25) is 0 Å². The zero-order chi connectivity index (χ0) is 13.4. The van der Waals surface area contributed by atoms with Crippen LogP contribution in [0.3, 0.4) is 0 Å². The second kappa shape index (κ2) is 4.57. The number of hydrogen-bond donors (Lipinski definition) is 2.